The summed E-state index contributed by atoms with van der Waals surface area (Å²) < 4.78 is 66.9. The third-order valence-corrected chi connectivity index (χ3v) is 2.66. The molecule has 0 saturated carbocycles. The molecule has 19 heavy (non-hydrogen) atoms. The number of nitrogens with zero attached hydrogens (tertiary/aromatic N) is 2. The number of aromatic nitrogens is 2. The number of aliphatic hydroxyl groups excluding tert-OH is 1. The molecular formula is C11H7F5N2O. The Kier molecular flexibility index (Phi) is 3.27. The number of halogens is 5. The molecule has 0 amide bonds. The van der Waals surface area contributed by atoms with Crippen LogP contribution in [0.1, 0.15) is 17.4 Å². The first kappa shape index (κ1) is 13.5. The van der Waals surface area contributed by atoms with Crippen LogP contribution in [-0.2, 0) is 7.05 Å². The molecule has 1 aromatic heterocycles. The van der Waals surface area contributed by atoms with Crippen molar-refractivity contribution in [3.8, 4) is 0 Å². The minimum atomic E-state index is -2.27. The van der Waals surface area contributed by atoms with Gasteiger partial charge in [-0.15, -0.1) is 0 Å². The number of aryl methyl sites for hydroxylation is 1. The molecule has 0 spiro atoms. The molecule has 2 aromatic rings. The Balaban J connectivity index is 2.67. The van der Waals surface area contributed by atoms with Crippen LogP contribution in [-0.4, -0.2) is 14.9 Å². The van der Waals surface area contributed by atoms with Gasteiger partial charge >= 0.3 is 0 Å². The molecule has 0 fully saturated rings. The summed E-state index contributed by atoms with van der Waals surface area (Å²) in [6.07, 6.45) is -0.804. The van der Waals surface area contributed by atoms with Crippen molar-refractivity contribution >= 4 is 0 Å². The second kappa shape index (κ2) is 4.61. The van der Waals surface area contributed by atoms with Gasteiger partial charge in [0.1, 0.15) is 6.10 Å². The fraction of sp³-hybridized carbons (Fsp3) is 0.182. The Morgan fingerprint density at radius 1 is 1.00 bits per heavy atom. The molecule has 1 atom stereocenters. The van der Waals surface area contributed by atoms with Gasteiger partial charge in [-0.3, -0.25) is 4.68 Å². The third kappa shape index (κ3) is 1.97. The van der Waals surface area contributed by atoms with Crippen LogP contribution in [0.3, 0.4) is 0 Å². The van der Waals surface area contributed by atoms with E-state index < -0.39 is 40.8 Å². The van der Waals surface area contributed by atoms with Crippen LogP contribution >= 0.6 is 0 Å². The minimum Gasteiger partial charge on any atom is -0.382 e. The van der Waals surface area contributed by atoms with E-state index in [9.17, 15) is 27.1 Å². The second-order valence-corrected chi connectivity index (χ2v) is 3.77. The topological polar surface area (TPSA) is 38.0 Å². The Bertz CT molecular complexity index is 611. The number of hydrogen-bond acceptors (Lipinski definition) is 2. The molecule has 1 unspecified atom stereocenters. The van der Waals surface area contributed by atoms with Gasteiger partial charge in [0.25, 0.3) is 0 Å². The fourth-order valence-corrected chi connectivity index (χ4v) is 1.66. The van der Waals surface area contributed by atoms with Gasteiger partial charge in [-0.05, 0) is 6.07 Å². The SMILES string of the molecule is Cn1nccc1C(O)c1c(F)c(F)c(F)c(F)c1F. The average Bonchev–Trinajstić information content (AvgIpc) is 2.80. The van der Waals surface area contributed by atoms with Crippen LogP contribution in [0.25, 0.3) is 0 Å². The Morgan fingerprint density at radius 2 is 1.47 bits per heavy atom. The number of hydrogen-bond donors (Lipinski definition) is 1. The summed E-state index contributed by atoms with van der Waals surface area (Å²) in [5, 5.41) is 13.4. The molecule has 3 nitrogen and oxygen atoms in total. The third-order valence-electron chi connectivity index (χ3n) is 2.66. The lowest BCUT2D eigenvalue weighted by Gasteiger charge is -2.14. The Morgan fingerprint density at radius 3 is 1.89 bits per heavy atom. The largest absolute Gasteiger partial charge is 0.382 e. The molecule has 1 heterocycles. The van der Waals surface area contributed by atoms with Crippen molar-refractivity contribution in [3.05, 3.63) is 52.6 Å². The highest BCUT2D eigenvalue weighted by atomic mass is 19.2. The molecule has 0 radical (unpaired) electrons. The molecule has 0 aliphatic heterocycles. The highest BCUT2D eigenvalue weighted by Crippen LogP contribution is 2.30. The van der Waals surface area contributed by atoms with Crippen LogP contribution in [0.2, 0.25) is 0 Å². The van der Waals surface area contributed by atoms with E-state index in [0.29, 0.717) is 0 Å². The molecule has 1 N–H and O–H groups in total. The van der Waals surface area contributed by atoms with Gasteiger partial charge in [0, 0.05) is 13.2 Å². The minimum absolute atomic E-state index is 0.108. The van der Waals surface area contributed by atoms with E-state index in [-0.39, 0.29) is 5.69 Å². The summed E-state index contributed by atoms with van der Waals surface area (Å²) in [4.78, 5) is 0. The van der Waals surface area contributed by atoms with Crippen molar-refractivity contribution in [2.24, 2.45) is 7.05 Å². The van der Waals surface area contributed by atoms with Crippen molar-refractivity contribution < 1.29 is 27.1 Å². The van der Waals surface area contributed by atoms with Crippen LogP contribution in [0.15, 0.2) is 12.3 Å². The highest BCUT2D eigenvalue weighted by Gasteiger charge is 2.31. The maximum absolute atomic E-state index is 13.5. The van der Waals surface area contributed by atoms with Crippen molar-refractivity contribution in [1.82, 2.24) is 9.78 Å². The van der Waals surface area contributed by atoms with E-state index in [1.165, 1.54) is 19.3 Å². The summed E-state index contributed by atoms with van der Waals surface area (Å²) in [5.41, 5.74) is -1.41. The van der Waals surface area contributed by atoms with Gasteiger partial charge in [0.15, 0.2) is 23.3 Å². The van der Waals surface area contributed by atoms with Crippen molar-refractivity contribution in [1.29, 1.82) is 0 Å². The number of aliphatic hydroxyl groups is 1. The molecule has 0 aliphatic rings. The average molecular weight is 278 g/mol. The molecular weight excluding hydrogens is 271 g/mol. The van der Waals surface area contributed by atoms with Gasteiger partial charge in [-0.25, -0.2) is 22.0 Å². The predicted octanol–water partition coefficient (Wildman–Crippen LogP) is 2.20. The van der Waals surface area contributed by atoms with Crippen LogP contribution < -0.4 is 0 Å². The normalized spacial score (nSPS) is 12.8. The Labute approximate surface area is 103 Å². The zero-order valence-electron chi connectivity index (χ0n) is 9.46. The van der Waals surface area contributed by atoms with Crippen molar-refractivity contribution in [2.45, 2.75) is 6.10 Å². The lowest BCUT2D eigenvalue weighted by molar-refractivity contribution is 0.193. The molecule has 102 valence electrons. The maximum Gasteiger partial charge on any atom is 0.200 e. The summed E-state index contributed by atoms with van der Waals surface area (Å²) in [6, 6.07) is 1.20. The molecule has 0 aliphatic carbocycles. The first-order chi connectivity index (χ1) is 8.86. The van der Waals surface area contributed by atoms with Gasteiger partial charge in [-0.2, -0.15) is 5.10 Å². The van der Waals surface area contributed by atoms with Crippen molar-refractivity contribution in [3.63, 3.8) is 0 Å². The first-order valence-electron chi connectivity index (χ1n) is 5.03. The van der Waals surface area contributed by atoms with Crippen LogP contribution in [0.4, 0.5) is 22.0 Å². The predicted molar refractivity (Wildman–Crippen MR) is 53.5 cm³/mol. The van der Waals surface area contributed by atoms with Gasteiger partial charge in [-0.1, -0.05) is 0 Å². The van der Waals surface area contributed by atoms with E-state index in [2.05, 4.69) is 5.10 Å². The Hall–Kier alpha value is -1.96. The zero-order valence-corrected chi connectivity index (χ0v) is 9.46. The van der Waals surface area contributed by atoms with Crippen molar-refractivity contribution in [2.75, 3.05) is 0 Å². The smallest absolute Gasteiger partial charge is 0.200 e. The molecule has 1 aromatic carbocycles. The quantitative estimate of drug-likeness (QED) is 0.519. The van der Waals surface area contributed by atoms with E-state index >= 15 is 0 Å². The van der Waals surface area contributed by atoms with Crippen LogP contribution in [0, 0.1) is 29.1 Å². The number of rotatable bonds is 2. The lowest BCUT2D eigenvalue weighted by Crippen LogP contribution is -2.14. The summed E-state index contributed by atoms with van der Waals surface area (Å²) in [6.45, 7) is 0. The van der Waals surface area contributed by atoms with Gasteiger partial charge in [0.2, 0.25) is 5.82 Å². The van der Waals surface area contributed by atoms with Crippen LogP contribution in [0.5, 0.6) is 0 Å². The van der Waals surface area contributed by atoms with E-state index in [1.807, 2.05) is 0 Å². The summed E-state index contributed by atoms with van der Waals surface area (Å²) >= 11 is 0. The van der Waals surface area contributed by atoms with Gasteiger partial charge < -0.3 is 5.11 Å². The monoisotopic (exact) mass is 278 g/mol. The zero-order chi connectivity index (χ0) is 14.3. The van der Waals surface area contributed by atoms with Gasteiger partial charge in [0.05, 0.1) is 11.3 Å². The molecule has 2 rings (SSSR count). The summed E-state index contributed by atoms with van der Waals surface area (Å²) in [5.74, 6) is -10.6. The molecule has 8 heteroatoms. The van der Waals surface area contributed by atoms with E-state index in [0.717, 1.165) is 4.68 Å². The summed E-state index contributed by atoms with van der Waals surface area (Å²) in [7, 11) is 1.35. The standard InChI is InChI=1S/C11H7F5N2O/c1-18-4(2-3-17-18)11(19)5-6(12)8(14)10(16)9(15)7(5)13/h2-3,11,19H,1H3. The van der Waals surface area contributed by atoms with E-state index in [4.69, 9.17) is 0 Å². The van der Waals surface area contributed by atoms with E-state index in [1.54, 1.807) is 0 Å². The first-order valence-corrected chi connectivity index (χ1v) is 5.03. The highest BCUT2D eigenvalue weighted by molar-refractivity contribution is 5.30. The second-order valence-electron chi connectivity index (χ2n) is 3.77. The molecule has 0 bridgehead atoms. The molecule has 0 saturated heterocycles. The number of benzene rings is 1. The maximum atomic E-state index is 13.5. The fourth-order valence-electron chi connectivity index (χ4n) is 1.66. The lowest BCUT2D eigenvalue weighted by atomic mass is 10.0.